The molecule has 1 fully saturated rings. The number of aryl methyl sites for hydroxylation is 1. The maximum absolute atomic E-state index is 12.3. The number of sulfonamides is 1. The maximum Gasteiger partial charge on any atom is 0.241 e. The summed E-state index contributed by atoms with van der Waals surface area (Å²) in [6.07, 6.45) is 1.77. The van der Waals surface area contributed by atoms with E-state index in [0.717, 1.165) is 12.8 Å². The summed E-state index contributed by atoms with van der Waals surface area (Å²) < 4.78 is 27.3. The van der Waals surface area contributed by atoms with E-state index in [0.29, 0.717) is 17.8 Å². The molecule has 1 atom stereocenters. The lowest BCUT2D eigenvalue weighted by molar-refractivity contribution is -0.119. The van der Waals surface area contributed by atoms with Gasteiger partial charge in [0.25, 0.3) is 0 Å². The van der Waals surface area contributed by atoms with Crippen molar-refractivity contribution in [3.63, 3.8) is 0 Å². The van der Waals surface area contributed by atoms with Crippen molar-refractivity contribution in [2.24, 2.45) is 5.92 Å². The molecule has 0 saturated heterocycles. The monoisotopic (exact) mass is 361 g/mol. The van der Waals surface area contributed by atoms with Crippen LogP contribution < -0.4 is 15.4 Å². The minimum atomic E-state index is -3.53. The average Bonchev–Trinajstić information content (AvgIpc) is 3.24. The fourth-order valence-electron chi connectivity index (χ4n) is 2.12. The molecule has 130 valence electrons. The van der Waals surface area contributed by atoms with Crippen LogP contribution in [0.1, 0.15) is 25.3 Å². The van der Waals surface area contributed by atoms with E-state index in [1.54, 1.807) is 26.1 Å². The van der Waals surface area contributed by atoms with Gasteiger partial charge in [-0.2, -0.15) is 0 Å². The van der Waals surface area contributed by atoms with E-state index >= 15 is 0 Å². The lowest BCUT2D eigenvalue weighted by Crippen LogP contribution is -2.29. The predicted octanol–water partition coefficient (Wildman–Crippen LogP) is 1.65. The first-order valence-corrected chi connectivity index (χ1v) is 8.90. The summed E-state index contributed by atoms with van der Waals surface area (Å²) in [5.74, 6) is -0.340. The summed E-state index contributed by atoms with van der Waals surface area (Å²) in [4.78, 5) is 12.2. The molecule has 0 bridgehead atoms. The lowest BCUT2D eigenvalue weighted by atomic mass is 10.1. The van der Waals surface area contributed by atoms with Crippen LogP contribution in [0, 0.1) is 12.8 Å². The van der Waals surface area contributed by atoms with Crippen LogP contribution >= 0.6 is 12.4 Å². The Kier molecular flexibility index (Phi) is 7.01. The SMILES string of the molecule is CNCC(C)C(=O)Nc1ccc(C)c(S(=O)(=O)NC2CC2)c1.Cl. The first-order valence-electron chi connectivity index (χ1n) is 7.42. The average molecular weight is 362 g/mol. The summed E-state index contributed by atoms with van der Waals surface area (Å²) in [5, 5.41) is 5.70. The van der Waals surface area contributed by atoms with Gasteiger partial charge in [0.2, 0.25) is 15.9 Å². The fourth-order valence-corrected chi connectivity index (χ4v) is 3.69. The standard InChI is InChI=1S/C15H23N3O3S.ClH/c1-10-4-5-13(17-15(19)11(2)9-16-3)8-14(10)22(20,21)18-12-6-7-12;/h4-5,8,11-12,16,18H,6-7,9H2,1-3H3,(H,17,19);1H. The summed E-state index contributed by atoms with van der Waals surface area (Å²) in [7, 11) is -1.75. The molecule has 1 aromatic carbocycles. The molecule has 3 N–H and O–H groups in total. The smallest absolute Gasteiger partial charge is 0.241 e. The van der Waals surface area contributed by atoms with Crippen LogP contribution in [0.15, 0.2) is 23.1 Å². The molecule has 1 aliphatic carbocycles. The molecule has 0 radical (unpaired) electrons. The fraction of sp³-hybridized carbons (Fsp3) is 0.533. The van der Waals surface area contributed by atoms with E-state index in [1.165, 1.54) is 6.07 Å². The van der Waals surface area contributed by atoms with Gasteiger partial charge in [0.05, 0.1) is 4.90 Å². The topological polar surface area (TPSA) is 87.3 Å². The van der Waals surface area contributed by atoms with Gasteiger partial charge in [0.1, 0.15) is 0 Å². The van der Waals surface area contributed by atoms with Gasteiger partial charge in [-0.1, -0.05) is 13.0 Å². The van der Waals surface area contributed by atoms with Crippen molar-refractivity contribution >= 4 is 34.0 Å². The molecule has 0 spiro atoms. The molecule has 0 aliphatic heterocycles. The normalized spacial score (nSPS) is 15.6. The summed E-state index contributed by atoms with van der Waals surface area (Å²) in [6, 6.07) is 5.00. The molecular formula is C15H24ClN3O3S. The van der Waals surface area contributed by atoms with E-state index in [1.807, 2.05) is 6.92 Å². The molecule has 1 unspecified atom stereocenters. The van der Waals surface area contributed by atoms with Crippen molar-refractivity contribution in [1.29, 1.82) is 0 Å². The molecular weight excluding hydrogens is 338 g/mol. The lowest BCUT2D eigenvalue weighted by Gasteiger charge is -2.14. The third-order valence-electron chi connectivity index (χ3n) is 3.60. The molecule has 6 nitrogen and oxygen atoms in total. The number of anilines is 1. The van der Waals surface area contributed by atoms with Crippen molar-refractivity contribution in [1.82, 2.24) is 10.0 Å². The summed E-state index contributed by atoms with van der Waals surface area (Å²) >= 11 is 0. The van der Waals surface area contributed by atoms with E-state index in [9.17, 15) is 13.2 Å². The second-order valence-electron chi connectivity index (χ2n) is 5.82. The van der Waals surface area contributed by atoms with Crippen molar-refractivity contribution < 1.29 is 13.2 Å². The van der Waals surface area contributed by atoms with Crippen molar-refractivity contribution in [2.45, 2.75) is 37.6 Å². The second kappa shape index (κ2) is 8.10. The first-order chi connectivity index (χ1) is 10.3. The van der Waals surface area contributed by atoms with Gasteiger partial charge in [-0.25, -0.2) is 13.1 Å². The highest BCUT2D eigenvalue weighted by Crippen LogP contribution is 2.25. The van der Waals surface area contributed by atoms with Gasteiger partial charge in [0, 0.05) is 24.2 Å². The Morgan fingerprint density at radius 1 is 1.35 bits per heavy atom. The van der Waals surface area contributed by atoms with Crippen molar-refractivity contribution in [2.75, 3.05) is 18.9 Å². The first kappa shape index (κ1) is 19.9. The van der Waals surface area contributed by atoms with Gasteiger partial charge in [-0.15, -0.1) is 12.4 Å². The summed E-state index contributed by atoms with van der Waals surface area (Å²) in [5.41, 5.74) is 1.16. The Hall–Kier alpha value is -1.15. The highest BCUT2D eigenvalue weighted by atomic mass is 35.5. The van der Waals surface area contributed by atoms with E-state index in [2.05, 4.69) is 15.4 Å². The number of hydrogen-bond donors (Lipinski definition) is 3. The number of halogens is 1. The third-order valence-corrected chi connectivity index (χ3v) is 5.26. The Morgan fingerprint density at radius 2 is 2.00 bits per heavy atom. The number of carbonyl (C=O) groups excluding carboxylic acids is 1. The minimum absolute atomic E-state index is 0. The van der Waals surface area contributed by atoms with Crippen LogP contribution in [0.2, 0.25) is 0 Å². The Balaban J connectivity index is 0.00000264. The molecule has 1 aromatic rings. The van der Waals surface area contributed by atoms with Crippen LogP contribution in [0.4, 0.5) is 5.69 Å². The number of carbonyl (C=O) groups is 1. The largest absolute Gasteiger partial charge is 0.326 e. The van der Waals surface area contributed by atoms with Gasteiger partial charge < -0.3 is 10.6 Å². The van der Waals surface area contributed by atoms with Crippen LogP contribution in [0.3, 0.4) is 0 Å². The molecule has 23 heavy (non-hydrogen) atoms. The third kappa shape index (κ3) is 5.46. The molecule has 0 heterocycles. The molecule has 8 heteroatoms. The van der Waals surface area contributed by atoms with Gasteiger partial charge in [-0.05, 0) is 44.5 Å². The number of nitrogens with one attached hydrogen (secondary N) is 3. The van der Waals surface area contributed by atoms with Crippen molar-refractivity contribution in [3.05, 3.63) is 23.8 Å². The summed E-state index contributed by atoms with van der Waals surface area (Å²) in [6.45, 7) is 4.12. The number of hydrogen-bond acceptors (Lipinski definition) is 4. The number of benzene rings is 1. The molecule has 1 amide bonds. The number of amides is 1. The van der Waals surface area contributed by atoms with Gasteiger partial charge in [-0.3, -0.25) is 4.79 Å². The quantitative estimate of drug-likeness (QED) is 0.689. The van der Waals surface area contributed by atoms with Crippen LogP contribution in [-0.2, 0) is 14.8 Å². The van der Waals surface area contributed by atoms with Crippen LogP contribution in [0.5, 0.6) is 0 Å². The van der Waals surface area contributed by atoms with E-state index in [4.69, 9.17) is 0 Å². The highest BCUT2D eigenvalue weighted by molar-refractivity contribution is 7.89. The predicted molar refractivity (Wildman–Crippen MR) is 93.5 cm³/mol. The maximum atomic E-state index is 12.3. The minimum Gasteiger partial charge on any atom is -0.326 e. The highest BCUT2D eigenvalue weighted by Gasteiger charge is 2.29. The van der Waals surface area contributed by atoms with Crippen LogP contribution in [-0.4, -0.2) is 34.0 Å². The van der Waals surface area contributed by atoms with Gasteiger partial charge in [0.15, 0.2) is 0 Å². The van der Waals surface area contributed by atoms with Crippen molar-refractivity contribution in [3.8, 4) is 0 Å². The Morgan fingerprint density at radius 3 is 2.57 bits per heavy atom. The molecule has 1 aliphatic rings. The zero-order valence-electron chi connectivity index (χ0n) is 13.5. The zero-order valence-corrected chi connectivity index (χ0v) is 15.2. The Labute approximate surface area is 143 Å². The molecule has 1 saturated carbocycles. The van der Waals surface area contributed by atoms with Crippen LogP contribution in [0.25, 0.3) is 0 Å². The Bertz CT molecular complexity index is 660. The zero-order chi connectivity index (χ0) is 16.3. The van der Waals surface area contributed by atoms with E-state index in [-0.39, 0.29) is 35.2 Å². The number of rotatable bonds is 7. The van der Waals surface area contributed by atoms with E-state index < -0.39 is 10.0 Å². The molecule has 0 aromatic heterocycles. The second-order valence-corrected chi connectivity index (χ2v) is 7.51. The molecule has 2 rings (SSSR count). The van der Waals surface area contributed by atoms with Gasteiger partial charge >= 0.3 is 0 Å².